The molecule has 1 fully saturated rings. The van der Waals surface area contributed by atoms with Crippen molar-refractivity contribution in [3.63, 3.8) is 0 Å². The predicted octanol–water partition coefficient (Wildman–Crippen LogP) is 1.30. The van der Waals surface area contributed by atoms with Gasteiger partial charge in [0, 0.05) is 7.05 Å². The molecule has 0 aromatic heterocycles. The molecule has 1 aliphatic carbocycles. The number of hydrogen-bond donors (Lipinski definition) is 1. The van der Waals surface area contributed by atoms with Gasteiger partial charge in [-0.25, -0.2) is 13.2 Å². The van der Waals surface area contributed by atoms with E-state index < -0.39 is 27.4 Å². The lowest BCUT2D eigenvalue weighted by molar-refractivity contribution is -0.152. The Bertz CT molecular complexity index is 712. The molecule has 7 nitrogen and oxygen atoms in total. The summed E-state index contributed by atoms with van der Waals surface area (Å²) in [4.78, 5) is 24.7. The second-order valence-corrected chi connectivity index (χ2v) is 8.30. The number of carbonyl (C=O) groups is 2. The zero-order valence-electron chi connectivity index (χ0n) is 14.5. The van der Waals surface area contributed by atoms with E-state index in [1.165, 1.54) is 26.3 Å². The summed E-state index contributed by atoms with van der Waals surface area (Å²) in [6, 6.07) is 7.90. The molecule has 0 saturated heterocycles. The van der Waals surface area contributed by atoms with Gasteiger partial charge in [-0.2, -0.15) is 4.31 Å². The molecule has 0 aliphatic heterocycles. The van der Waals surface area contributed by atoms with Crippen LogP contribution >= 0.6 is 0 Å². The monoisotopic (exact) mass is 368 g/mol. The molecule has 2 rings (SSSR count). The summed E-state index contributed by atoms with van der Waals surface area (Å²) in [5, 5.41) is 2.72. The Kier molecular flexibility index (Phi) is 6.18. The summed E-state index contributed by atoms with van der Waals surface area (Å²) < 4.78 is 30.8. The van der Waals surface area contributed by atoms with Crippen LogP contribution in [0.25, 0.3) is 0 Å². The van der Waals surface area contributed by atoms with E-state index >= 15 is 0 Å². The van der Waals surface area contributed by atoms with E-state index in [-0.39, 0.29) is 11.4 Å². The number of benzene rings is 1. The fourth-order valence-electron chi connectivity index (χ4n) is 3.10. The van der Waals surface area contributed by atoms with Gasteiger partial charge in [0.05, 0.1) is 18.6 Å². The van der Waals surface area contributed by atoms with E-state index in [0.717, 1.165) is 23.6 Å². The largest absolute Gasteiger partial charge is 0.467 e. The summed E-state index contributed by atoms with van der Waals surface area (Å²) >= 11 is 0. The minimum Gasteiger partial charge on any atom is -0.467 e. The normalized spacial score (nSPS) is 17.1. The highest BCUT2D eigenvalue weighted by molar-refractivity contribution is 7.89. The molecule has 0 unspecified atom stereocenters. The Labute approximate surface area is 148 Å². The number of sulfonamides is 1. The van der Waals surface area contributed by atoms with Crippen molar-refractivity contribution < 1.29 is 22.7 Å². The van der Waals surface area contributed by atoms with Crippen molar-refractivity contribution in [2.24, 2.45) is 0 Å². The minimum absolute atomic E-state index is 0.116. The van der Waals surface area contributed by atoms with Gasteiger partial charge in [-0.05, 0) is 25.0 Å². The molecule has 1 N–H and O–H groups in total. The Hall–Kier alpha value is -1.93. The van der Waals surface area contributed by atoms with Gasteiger partial charge in [-0.3, -0.25) is 4.79 Å². The molecule has 25 heavy (non-hydrogen) atoms. The van der Waals surface area contributed by atoms with Crippen LogP contribution in [0.2, 0.25) is 0 Å². The molecule has 0 spiro atoms. The first kappa shape index (κ1) is 19.4. The molecule has 0 radical (unpaired) electrons. The van der Waals surface area contributed by atoms with Crippen LogP contribution in [0.3, 0.4) is 0 Å². The zero-order chi connectivity index (χ0) is 18.5. The van der Waals surface area contributed by atoms with Gasteiger partial charge in [-0.1, -0.05) is 37.5 Å². The van der Waals surface area contributed by atoms with Crippen LogP contribution in [0.1, 0.15) is 32.1 Å². The van der Waals surface area contributed by atoms with Crippen molar-refractivity contribution in [1.29, 1.82) is 0 Å². The maximum absolute atomic E-state index is 12.5. The molecule has 0 bridgehead atoms. The quantitative estimate of drug-likeness (QED) is 0.764. The Morgan fingerprint density at radius 1 is 1.16 bits per heavy atom. The SMILES string of the molecule is COC(=O)C1(NC(=O)CN(C)S(=O)(=O)c2ccccc2)CCCCC1. The summed E-state index contributed by atoms with van der Waals surface area (Å²) in [5.74, 6) is -0.997. The van der Waals surface area contributed by atoms with Crippen molar-refractivity contribution in [2.45, 2.75) is 42.5 Å². The van der Waals surface area contributed by atoms with Gasteiger partial charge in [-0.15, -0.1) is 0 Å². The lowest BCUT2D eigenvalue weighted by atomic mass is 9.81. The number of esters is 1. The molecule has 0 heterocycles. The van der Waals surface area contributed by atoms with Crippen LogP contribution in [0.15, 0.2) is 35.2 Å². The maximum Gasteiger partial charge on any atom is 0.331 e. The summed E-state index contributed by atoms with van der Waals surface area (Å²) in [5.41, 5.74) is -1.05. The molecule has 138 valence electrons. The molecular formula is C17H24N2O5S. The third-order valence-electron chi connectivity index (χ3n) is 4.48. The average molecular weight is 368 g/mol. The van der Waals surface area contributed by atoms with E-state index in [2.05, 4.69) is 5.32 Å². The first-order valence-corrected chi connectivity index (χ1v) is 9.67. The molecule has 1 saturated carbocycles. The van der Waals surface area contributed by atoms with Crippen LogP contribution < -0.4 is 5.32 Å². The van der Waals surface area contributed by atoms with Crippen LogP contribution in [0.4, 0.5) is 0 Å². The fourth-order valence-corrected chi connectivity index (χ4v) is 4.25. The van der Waals surface area contributed by atoms with E-state index in [9.17, 15) is 18.0 Å². The van der Waals surface area contributed by atoms with Gasteiger partial charge >= 0.3 is 5.97 Å². The average Bonchev–Trinajstić information content (AvgIpc) is 2.62. The van der Waals surface area contributed by atoms with Crippen LogP contribution in [-0.4, -0.2) is 50.8 Å². The number of nitrogens with zero attached hydrogens (tertiary/aromatic N) is 1. The highest BCUT2D eigenvalue weighted by Crippen LogP contribution is 2.29. The summed E-state index contributed by atoms with van der Waals surface area (Å²) in [6.07, 6.45) is 3.62. The van der Waals surface area contributed by atoms with E-state index in [4.69, 9.17) is 4.74 Å². The van der Waals surface area contributed by atoms with Gasteiger partial charge in [0.1, 0.15) is 5.54 Å². The molecule has 1 aromatic carbocycles. The first-order chi connectivity index (χ1) is 11.8. The molecule has 8 heteroatoms. The standard InChI is InChI=1S/C17H24N2O5S/c1-19(25(22,23)14-9-5-3-6-10-14)13-15(20)18-17(16(21)24-2)11-7-4-8-12-17/h3,5-6,9-10H,4,7-8,11-13H2,1-2H3,(H,18,20). The van der Waals surface area contributed by atoms with E-state index in [0.29, 0.717) is 12.8 Å². The van der Waals surface area contributed by atoms with Crippen LogP contribution in [0, 0.1) is 0 Å². The van der Waals surface area contributed by atoms with Gasteiger partial charge in [0.25, 0.3) is 0 Å². The number of nitrogens with one attached hydrogen (secondary N) is 1. The Morgan fingerprint density at radius 2 is 1.76 bits per heavy atom. The third kappa shape index (κ3) is 4.38. The smallest absolute Gasteiger partial charge is 0.331 e. The minimum atomic E-state index is -3.76. The Balaban J connectivity index is 2.09. The lowest BCUT2D eigenvalue weighted by Gasteiger charge is -2.35. The van der Waals surface area contributed by atoms with E-state index in [1.54, 1.807) is 18.2 Å². The van der Waals surface area contributed by atoms with Gasteiger partial charge in [0.15, 0.2) is 0 Å². The molecular weight excluding hydrogens is 344 g/mol. The summed E-state index contributed by atoms with van der Waals surface area (Å²) in [6.45, 7) is -0.365. The van der Waals surface area contributed by atoms with Crippen molar-refractivity contribution >= 4 is 21.9 Å². The second-order valence-electron chi connectivity index (χ2n) is 6.26. The molecule has 1 aliphatic rings. The van der Waals surface area contributed by atoms with Crippen molar-refractivity contribution in [3.8, 4) is 0 Å². The zero-order valence-corrected chi connectivity index (χ0v) is 15.3. The number of methoxy groups -OCH3 is 1. The van der Waals surface area contributed by atoms with E-state index in [1.807, 2.05) is 0 Å². The predicted molar refractivity (Wildman–Crippen MR) is 92.2 cm³/mol. The topological polar surface area (TPSA) is 92.8 Å². The highest BCUT2D eigenvalue weighted by atomic mass is 32.2. The van der Waals surface area contributed by atoms with Crippen molar-refractivity contribution in [2.75, 3.05) is 20.7 Å². The summed E-state index contributed by atoms with van der Waals surface area (Å²) in [7, 11) is -1.13. The van der Waals surface area contributed by atoms with Crippen molar-refractivity contribution in [3.05, 3.63) is 30.3 Å². The molecule has 1 aromatic rings. The van der Waals surface area contributed by atoms with Crippen molar-refractivity contribution in [1.82, 2.24) is 9.62 Å². The number of hydrogen-bond acceptors (Lipinski definition) is 5. The molecule has 1 amide bonds. The number of rotatable bonds is 6. The first-order valence-electron chi connectivity index (χ1n) is 8.23. The highest BCUT2D eigenvalue weighted by Gasteiger charge is 2.42. The second kappa shape index (κ2) is 7.97. The number of ether oxygens (including phenoxy) is 1. The number of amides is 1. The van der Waals surface area contributed by atoms with Gasteiger partial charge < -0.3 is 10.1 Å². The van der Waals surface area contributed by atoms with Crippen LogP contribution in [-0.2, 0) is 24.3 Å². The molecule has 0 atom stereocenters. The maximum atomic E-state index is 12.5. The van der Waals surface area contributed by atoms with Gasteiger partial charge in [0.2, 0.25) is 15.9 Å². The Morgan fingerprint density at radius 3 is 2.32 bits per heavy atom. The van der Waals surface area contributed by atoms with Crippen LogP contribution in [0.5, 0.6) is 0 Å². The third-order valence-corrected chi connectivity index (χ3v) is 6.30. The lowest BCUT2D eigenvalue weighted by Crippen LogP contribution is -2.57. The number of likely N-dealkylation sites (N-methyl/N-ethyl adjacent to an activating group) is 1. The fraction of sp³-hybridized carbons (Fsp3) is 0.529. The number of carbonyl (C=O) groups excluding carboxylic acids is 2.